The molecule has 142 valence electrons. The molecule has 8 nitrogen and oxygen atoms in total. The average Bonchev–Trinajstić information content (AvgIpc) is 3.14. The maximum Gasteiger partial charge on any atom is 0.308 e. The molecule has 1 aromatic heterocycles. The second kappa shape index (κ2) is 8.03. The number of aliphatic carboxylic acids is 1. The maximum atomic E-state index is 12.8. The highest BCUT2D eigenvalue weighted by Gasteiger charge is 2.40. The van der Waals surface area contributed by atoms with Gasteiger partial charge in [-0.05, 0) is 24.6 Å². The molecule has 0 radical (unpaired) electrons. The molecule has 1 amide bonds. The van der Waals surface area contributed by atoms with Crippen molar-refractivity contribution in [2.45, 2.75) is 12.8 Å². The lowest BCUT2D eigenvalue weighted by atomic mass is 9.89. The highest BCUT2D eigenvalue weighted by molar-refractivity contribution is 5.94. The van der Waals surface area contributed by atoms with Crippen LogP contribution in [0.25, 0.3) is 0 Å². The molecule has 1 fully saturated rings. The fraction of sp³-hybridized carbons (Fsp3) is 0.368. The first-order chi connectivity index (χ1) is 13.0. The molecule has 2 aromatic rings. The van der Waals surface area contributed by atoms with Crippen LogP contribution in [0.2, 0.25) is 0 Å². The first-order valence-corrected chi connectivity index (χ1v) is 8.75. The number of carbonyl (C=O) groups is 2. The molecule has 0 bridgehead atoms. The van der Waals surface area contributed by atoms with Crippen LogP contribution in [0.5, 0.6) is 5.75 Å². The summed E-state index contributed by atoms with van der Waals surface area (Å²) < 4.78 is 5.23. The minimum Gasteiger partial charge on any atom is -0.497 e. The summed E-state index contributed by atoms with van der Waals surface area (Å²) in [5.41, 5.74) is 1.18. The van der Waals surface area contributed by atoms with Crippen LogP contribution in [0.3, 0.4) is 0 Å². The smallest absolute Gasteiger partial charge is 0.308 e. The number of amides is 1. The van der Waals surface area contributed by atoms with E-state index in [9.17, 15) is 14.7 Å². The van der Waals surface area contributed by atoms with E-state index in [-0.39, 0.29) is 18.4 Å². The van der Waals surface area contributed by atoms with Gasteiger partial charge in [-0.3, -0.25) is 9.59 Å². The Morgan fingerprint density at radius 2 is 2.04 bits per heavy atom. The van der Waals surface area contributed by atoms with Crippen LogP contribution < -0.4 is 10.1 Å². The van der Waals surface area contributed by atoms with E-state index in [1.165, 1.54) is 12.4 Å². The van der Waals surface area contributed by atoms with Gasteiger partial charge in [0, 0.05) is 37.9 Å². The topological polar surface area (TPSA) is 105 Å². The number of likely N-dealkylation sites (tertiary alicyclic amines) is 1. The second-order valence-corrected chi connectivity index (χ2v) is 6.36. The molecule has 0 saturated carbocycles. The largest absolute Gasteiger partial charge is 0.497 e. The molecule has 2 heterocycles. The predicted octanol–water partition coefficient (Wildman–Crippen LogP) is 1.86. The van der Waals surface area contributed by atoms with Crippen LogP contribution in [0.15, 0.2) is 36.7 Å². The van der Waals surface area contributed by atoms with Crippen LogP contribution in [0.4, 0.5) is 5.95 Å². The van der Waals surface area contributed by atoms with Crippen LogP contribution in [-0.2, 0) is 4.79 Å². The van der Waals surface area contributed by atoms with Crippen molar-refractivity contribution in [1.29, 1.82) is 0 Å². The van der Waals surface area contributed by atoms with E-state index in [2.05, 4.69) is 15.3 Å². The number of carboxylic acids is 1. The van der Waals surface area contributed by atoms with Gasteiger partial charge in [0.15, 0.2) is 0 Å². The molecule has 1 aliphatic heterocycles. The molecule has 0 unspecified atom stereocenters. The second-order valence-electron chi connectivity index (χ2n) is 6.36. The lowest BCUT2D eigenvalue weighted by Crippen LogP contribution is -2.30. The lowest BCUT2D eigenvalue weighted by Gasteiger charge is -2.17. The monoisotopic (exact) mass is 370 g/mol. The zero-order valence-corrected chi connectivity index (χ0v) is 15.3. The summed E-state index contributed by atoms with van der Waals surface area (Å²) in [6, 6.07) is 7.32. The minimum atomic E-state index is -0.920. The summed E-state index contributed by atoms with van der Waals surface area (Å²) >= 11 is 0. The minimum absolute atomic E-state index is 0.144. The molecular weight excluding hydrogens is 348 g/mol. The number of carboxylic acid groups (broad SMARTS) is 1. The lowest BCUT2D eigenvalue weighted by molar-refractivity contribution is -0.141. The molecule has 2 N–H and O–H groups in total. The third-order valence-corrected chi connectivity index (χ3v) is 4.68. The number of ether oxygens (including phenoxy) is 1. The van der Waals surface area contributed by atoms with E-state index in [0.717, 1.165) is 5.56 Å². The third kappa shape index (κ3) is 3.99. The summed E-state index contributed by atoms with van der Waals surface area (Å²) in [5, 5.41) is 12.6. The van der Waals surface area contributed by atoms with Crippen LogP contribution >= 0.6 is 0 Å². The Morgan fingerprint density at radius 1 is 1.30 bits per heavy atom. The van der Waals surface area contributed by atoms with Crippen LogP contribution in [-0.4, -0.2) is 58.6 Å². The van der Waals surface area contributed by atoms with Crippen molar-refractivity contribution in [1.82, 2.24) is 14.9 Å². The number of anilines is 1. The van der Waals surface area contributed by atoms with E-state index in [1.807, 2.05) is 25.1 Å². The Hall–Kier alpha value is -3.16. The molecule has 1 saturated heterocycles. The number of nitrogens with zero attached hydrogens (tertiary/aromatic N) is 3. The van der Waals surface area contributed by atoms with Crippen molar-refractivity contribution in [3.63, 3.8) is 0 Å². The van der Waals surface area contributed by atoms with Gasteiger partial charge in [-0.25, -0.2) is 9.97 Å². The Kier molecular flexibility index (Phi) is 5.54. The molecule has 8 heteroatoms. The molecule has 1 aromatic carbocycles. The summed E-state index contributed by atoms with van der Waals surface area (Å²) in [6.07, 6.45) is 2.92. The normalized spacial score (nSPS) is 19.0. The van der Waals surface area contributed by atoms with Crippen LogP contribution in [0.1, 0.15) is 28.8 Å². The van der Waals surface area contributed by atoms with Crippen molar-refractivity contribution < 1.29 is 19.4 Å². The predicted molar refractivity (Wildman–Crippen MR) is 99.0 cm³/mol. The molecule has 0 spiro atoms. The number of carbonyl (C=O) groups excluding carboxylic acids is 1. The summed E-state index contributed by atoms with van der Waals surface area (Å²) in [4.78, 5) is 34.3. The van der Waals surface area contributed by atoms with Gasteiger partial charge in [-0.15, -0.1) is 0 Å². The first-order valence-electron chi connectivity index (χ1n) is 8.75. The number of methoxy groups -OCH3 is 1. The van der Waals surface area contributed by atoms with Gasteiger partial charge >= 0.3 is 5.97 Å². The number of nitrogens with one attached hydrogen (secondary N) is 1. The highest BCUT2D eigenvalue weighted by Crippen LogP contribution is 2.35. The fourth-order valence-corrected chi connectivity index (χ4v) is 3.30. The molecule has 27 heavy (non-hydrogen) atoms. The van der Waals surface area contributed by atoms with Gasteiger partial charge in [-0.1, -0.05) is 12.1 Å². The molecule has 1 aliphatic rings. The number of benzene rings is 1. The molecule has 2 atom stereocenters. The highest BCUT2D eigenvalue weighted by atomic mass is 16.5. The molecular formula is C19H22N4O4. The standard InChI is InChI=1S/C19H22N4O4/c1-3-20-19-21-8-13(9-22-19)17(24)23-10-15(16(11-23)18(25)26)12-5-4-6-14(7-12)27-2/h4-9,15-16H,3,10-11H2,1-2H3,(H,25,26)(H,20,21,22)/t15-,16+/m0/s1. The maximum absolute atomic E-state index is 12.8. The van der Waals surface area contributed by atoms with E-state index < -0.39 is 11.9 Å². The zero-order chi connectivity index (χ0) is 19.4. The van der Waals surface area contributed by atoms with Crippen molar-refractivity contribution in [3.05, 3.63) is 47.8 Å². The number of aromatic nitrogens is 2. The zero-order valence-electron chi connectivity index (χ0n) is 15.3. The van der Waals surface area contributed by atoms with Gasteiger partial charge in [0.05, 0.1) is 18.6 Å². The number of hydrogen-bond acceptors (Lipinski definition) is 6. The van der Waals surface area contributed by atoms with Crippen molar-refractivity contribution in [2.75, 3.05) is 32.1 Å². The van der Waals surface area contributed by atoms with Gasteiger partial charge in [0.25, 0.3) is 5.91 Å². The average molecular weight is 370 g/mol. The first kappa shape index (κ1) is 18.6. The van der Waals surface area contributed by atoms with Gasteiger partial charge in [-0.2, -0.15) is 0 Å². The SMILES string of the molecule is CCNc1ncc(C(=O)N2C[C@@H](C(=O)O)[C@H](c3cccc(OC)c3)C2)cn1. The Balaban J connectivity index is 1.81. The van der Waals surface area contributed by atoms with Gasteiger partial charge < -0.3 is 20.1 Å². The summed E-state index contributed by atoms with van der Waals surface area (Å²) in [6.45, 7) is 3.07. The number of hydrogen-bond donors (Lipinski definition) is 2. The number of rotatable bonds is 6. The third-order valence-electron chi connectivity index (χ3n) is 4.68. The van der Waals surface area contributed by atoms with E-state index in [0.29, 0.717) is 30.4 Å². The van der Waals surface area contributed by atoms with E-state index in [4.69, 9.17) is 4.74 Å². The Labute approximate surface area is 157 Å². The van der Waals surface area contributed by atoms with Crippen molar-refractivity contribution in [3.8, 4) is 5.75 Å². The Morgan fingerprint density at radius 3 is 2.67 bits per heavy atom. The fourth-order valence-electron chi connectivity index (χ4n) is 3.30. The van der Waals surface area contributed by atoms with E-state index >= 15 is 0 Å². The van der Waals surface area contributed by atoms with Gasteiger partial charge in [0.2, 0.25) is 5.95 Å². The quantitative estimate of drug-likeness (QED) is 0.799. The Bertz CT molecular complexity index is 825. The van der Waals surface area contributed by atoms with E-state index in [1.54, 1.807) is 18.1 Å². The molecule has 0 aliphatic carbocycles. The van der Waals surface area contributed by atoms with Crippen molar-refractivity contribution in [2.24, 2.45) is 5.92 Å². The summed E-state index contributed by atoms with van der Waals surface area (Å²) in [5.74, 6) is -1.06. The summed E-state index contributed by atoms with van der Waals surface area (Å²) in [7, 11) is 1.56. The van der Waals surface area contributed by atoms with Gasteiger partial charge in [0.1, 0.15) is 5.75 Å². The molecule has 3 rings (SSSR count). The van der Waals surface area contributed by atoms with Crippen LogP contribution in [0, 0.1) is 5.92 Å². The van der Waals surface area contributed by atoms with Crippen molar-refractivity contribution >= 4 is 17.8 Å².